The Labute approximate surface area is 79.1 Å². The van der Waals surface area contributed by atoms with Crippen LogP contribution in [0.25, 0.3) is 0 Å². The number of ketones is 1. The third kappa shape index (κ3) is 3.22. The van der Waals surface area contributed by atoms with Gasteiger partial charge in [0.2, 0.25) is 0 Å². The molecule has 0 amide bonds. The first-order valence-electron chi connectivity index (χ1n) is 3.93. The zero-order valence-electron chi connectivity index (χ0n) is 7.80. The lowest BCUT2D eigenvalue weighted by Crippen LogP contribution is -2.21. The van der Waals surface area contributed by atoms with Crippen molar-refractivity contribution in [1.82, 2.24) is 0 Å². The van der Waals surface area contributed by atoms with E-state index in [0.717, 1.165) is 5.57 Å². The molecule has 0 aromatic carbocycles. The number of alkyl halides is 1. The molecule has 2 unspecified atom stereocenters. The predicted octanol–water partition coefficient (Wildman–Crippen LogP) is 2.95. The topological polar surface area (TPSA) is 17.1 Å². The molecule has 0 aromatic rings. The smallest absolute Gasteiger partial charge is 0.138 e. The molecule has 0 N–H and O–H groups in total. The molecule has 0 spiro atoms. The molecular weight excluding hydrogens is 172 g/mol. The first kappa shape index (κ1) is 11.4. The Morgan fingerprint density at radius 2 is 2.00 bits per heavy atom. The molecule has 0 aliphatic heterocycles. The molecule has 0 fully saturated rings. The summed E-state index contributed by atoms with van der Waals surface area (Å²) in [5.41, 5.74) is 0.820. The fourth-order valence-electron chi connectivity index (χ4n) is 1.14. The molecule has 12 heavy (non-hydrogen) atoms. The van der Waals surface area contributed by atoms with E-state index >= 15 is 0 Å². The Hall–Kier alpha value is -0.560. The standard InChI is InChI=1S/C10H15ClO/c1-5-6-9(11)10(7(2)3)8(4)12/h5-6,9-10H,2H2,1,3-4H3/b6-5-. The van der Waals surface area contributed by atoms with Crippen molar-refractivity contribution in [1.29, 1.82) is 0 Å². The first-order valence-corrected chi connectivity index (χ1v) is 4.37. The molecule has 0 radical (unpaired) electrons. The molecule has 68 valence electrons. The number of rotatable bonds is 4. The largest absolute Gasteiger partial charge is 0.299 e. The lowest BCUT2D eigenvalue weighted by atomic mass is 9.93. The summed E-state index contributed by atoms with van der Waals surface area (Å²) in [4.78, 5) is 11.1. The maximum Gasteiger partial charge on any atom is 0.138 e. The highest BCUT2D eigenvalue weighted by molar-refractivity contribution is 6.23. The molecule has 0 rings (SSSR count). The number of hydrogen-bond acceptors (Lipinski definition) is 1. The van der Waals surface area contributed by atoms with E-state index in [9.17, 15) is 4.79 Å². The number of allylic oxidation sites excluding steroid dienone is 3. The van der Waals surface area contributed by atoms with Crippen molar-refractivity contribution in [2.45, 2.75) is 26.1 Å². The van der Waals surface area contributed by atoms with Crippen molar-refractivity contribution < 1.29 is 4.79 Å². The highest BCUT2D eigenvalue weighted by Gasteiger charge is 2.21. The van der Waals surface area contributed by atoms with Crippen molar-refractivity contribution in [3.8, 4) is 0 Å². The van der Waals surface area contributed by atoms with Crippen molar-refractivity contribution in [2.24, 2.45) is 5.92 Å². The van der Waals surface area contributed by atoms with Gasteiger partial charge in [0, 0.05) is 0 Å². The van der Waals surface area contributed by atoms with Gasteiger partial charge in [0.15, 0.2) is 0 Å². The monoisotopic (exact) mass is 186 g/mol. The summed E-state index contributed by atoms with van der Waals surface area (Å²) in [5, 5.41) is -0.259. The Morgan fingerprint density at radius 1 is 1.50 bits per heavy atom. The zero-order valence-corrected chi connectivity index (χ0v) is 8.56. The van der Waals surface area contributed by atoms with Gasteiger partial charge in [-0.05, 0) is 20.8 Å². The Bertz CT molecular complexity index is 192. The van der Waals surface area contributed by atoms with Gasteiger partial charge in [0.1, 0.15) is 5.78 Å². The van der Waals surface area contributed by atoms with E-state index in [2.05, 4.69) is 6.58 Å². The molecule has 1 nitrogen and oxygen atoms in total. The van der Waals surface area contributed by atoms with Gasteiger partial charge in [-0.15, -0.1) is 11.6 Å². The van der Waals surface area contributed by atoms with Crippen LogP contribution in [-0.2, 0) is 4.79 Å². The lowest BCUT2D eigenvalue weighted by Gasteiger charge is -2.16. The number of hydrogen-bond donors (Lipinski definition) is 0. The normalized spacial score (nSPS) is 16.0. The summed E-state index contributed by atoms with van der Waals surface area (Å²) in [6.45, 7) is 8.99. The maximum absolute atomic E-state index is 11.1. The Kier molecular flexibility index (Phi) is 4.91. The SMILES string of the molecule is C=C(C)C(C(C)=O)C(Cl)/C=C\C. The zero-order chi connectivity index (χ0) is 9.72. The predicted molar refractivity (Wildman–Crippen MR) is 53.4 cm³/mol. The summed E-state index contributed by atoms with van der Waals surface area (Å²) >= 11 is 5.97. The number of Topliss-reactive ketones (excluding diaryl/α,β-unsaturated/α-hetero) is 1. The third-order valence-electron chi connectivity index (χ3n) is 1.66. The number of carbonyl (C=O) groups excluding carboxylic acids is 1. The van der Waals surface area contributed by atoms with Crippen LogP contribution in [-0.4, -0.2) is 11.2 Å². The van der Waals surface area contributed by atoms with Crippen LogP contribution in [0.15, 0.2) is 24.3 Å². The molecule has 2 atom stereocenters. The van der Waals surface area contributed by atoms with Gasteiger partial charge in [-0.2, -0.15) is 0 Å². The minimum Gasteiger partial charge on any atom is -0.299 e. The summed E-state index contributed by atoms with van der Waals surface area (Å²) in [6.07, 6.45) is 3.65. The molecule has 0 saturated heterocycles. The van der Waals surface area contributed by atoms with Crippen LogP contribution >= 0.6 is 11.6 Å². The fourth-order valence-corrected chi connectivity index (χ4v) is 1.68. The van der Waals surface area contributed by atoms with E-state index in [1.807, 2.05) is 26.0 Å². The van der Waals surface area contributed by atoms with Gasteiger partial charge >= 0.3 is 0 Å². The van der Waals surface area contributed by atoms with Gasteiger partial charge in [0.25, 0.3) is 0 Å². The van der Waals surface area contributed by atoms with Gasteiger partial charge in [-0.1, -0.05) is 24.3 Å². The lowest BCUT2D eigenvalue weighted by molar-refractivity contribution is -0.119. The summed E-state index contributed by atoms with van der Waals surface area (Å²) in [7, 11) is 0. The molecule has 0 saturated carbocycles. The van der Waals surface area contributed by atoms with E-state index in [-0.39, 0.29) is 17.1 Å². The van der Waals surface area contributed by atoms with Gasteiger partial charge in [-0.25, -0.2) is 0 Å². The molecular formula is C10H15ClO. The van der Waals surface area contributed by atoms with E-state index < -0.39 is 0 Å². The maximum atomic E-state index is 11.1. The molecule has 0 bridgehead atoms. The Balaban J connectivity index is 4.51. The van der Waals surface area contributed by atoms with Crippen LogP contribution in [0.1, 0.15) is 20.8 Å². The van der Waals surface area contributed by atoms with Crippen LogP contribution in [0.5, 0.6) is 0 Å². The van der Waals surface area contributed by atoms with Crippen LogP contribution in [0.2, 0.25) is 0 Å². The summed E-state index contributed by atoms with van der Waals surface area (Å²) in [6, 6.07) is 0. The highest BCUT2D eigenvalue weighted by Crippen LogP contribution is 2.20. The average Bonchev–Trinajstić information content (AvgIpc) is 1.85. The van der Waals surface area contributed by atoms with Gasteiger partial charge in [0.05, 0.1) is 11.3 Å². The number of halogens is 1. The first-order chi connectivity index (χ1) is 5.50. The van der Waals surface area contributed by atoms with Crippen molar-refractivity contribution in [2.75, 3.05) is 0 Å². The van der Waals surface area contributed by atoms with Crippen molar-refractivity contribution >= 4 is 17.4 Å². The van der Waals surface area contributed by atoms with Gasteiger partial charge in [-0.3, -0.25) is 4.79 Å². The summed E-state index contributed by atoms with van der Waals surface area (Å²) < 4.78 is 0. The van der Waals surface area contributed by atoms with E-state index in [0.29, 0.717) is 0 Å². The summed E-state index contributed by atoms with van der Waals surface area (Å²) in [5.74, 6) is -0.177. The molecule has 2 heteroatoms. The second-order valence-corrected chi connectivity index (χ2v) is 3.41. The highest BCUT2D eigenvalue weighted by atomic mass is 35.5. The van der Waals surface area contributed by atoms with Crippen molar-refractivity contribution in [3.63, 3.8) is 0 Å². The number of carbonyl (C=O) groups is 1. The van der Waals surface area contributed by atoms with Crippen LogP contribution in [0, 0.1) is 5.92 Å². The average molecular weight is 187 g/mol. The van der Waals surface area contributed by atoms with Gasteiger partial charge < -0.3 is 0 Å². The second kappa shape index (κ2) is 5.15. The molecule has 0 aliphatic carbocycles. The molecule has 0 aliphatic rings. The fraction of sp³-hybridized carbons (Fsp3) is 0.500. The Morgan fingerprint density at radius 3 is 2.25 bits per heavy atom. The molecule has 0 heterocycles. The minimum atomic E-state index is -0.259. The van der Waals surface area contributed by atoms with E-state index in [4.69, 9.17) is 11.6 Å². The van der Waals surface area contributed by atoms with E-state index in [1.165, 1.54) is 6.92 Å². The van der Waals surface area contributed by atoms with Crippen molar-refractivity contribution in [3.05, 3.63) is 24.3 Å². The second-order valence-electron chi connectivity index (χ2n) is 2.90. The van der Waals surface area contributed by atoms with Crippen LogP contribution in [0.4, 0.5) is 0 Å². The van der Waals surface area contributed by atoms with Crippen LogP contribution in [0.3, 0.4) is 0 Å². The third-order valence-corrected chi connectivity index (χ3v) is 2.06. The quantitative estimate of drug-likeness (QED) is 0.488. The minimum absolute atomic E-state index is 0.0700. The van der Waals surface area contributed by atoms with E-state index in [1.54, 1.807) is 0 Å². The molecule has 0 aromatic heterocycles. The van der Waals surface area contributed by atoms with Crippen LogP contribution < -0.4 is 0 Å².